The molecule has 6 nitrogen and oxygen atoms in total. The molecule has 0 radical (unpaired) electrons. The lowest BCUT2D eigenvalue weighted by Crippen LogP contribution is -2.36. The van der Waals surface area contributed by atoms with Crippen molar-refractivity contribution in [1.29, 1.82) is 0 Å². The normalized spacial score (nSPS) is 21.7. The van der Waals surface area contributed by atoms with Gasteiger partial charge >= 0.3 is 0 Å². The van der Waals surface area contributed by atoms with Gasteiger partial charge in [-0.05, 0) is 24.8 Å². The number of hydrogen-bond acceptors (Lipinski definition) is 5. The first kappa shape index (κ1) is 14.0. The fourth-order valence-electron chi connectivity index (χ4n) is 2.63. The summed E-state index contributed by atoms with van der Waals surface area (Å²) in [5.41, 5.74) is 1.84. The molecule has 1 saturated carbocycles. The van der Waals surface area contributed by atoms with Crippen molar-refractivity contribution in [3.05, 3.63) is 17.5 Å². The molecule has 1 aromatic heterocycles. The van der Waals surface area contributed by atoms with E-state index in [0.29, 0.717) is 19.0 Å². The van der Waals surface area contributed by atoms with Crippen LogP contribution in [0.3, 0.4) is 0 Å². The summed E-state index contributed by atoms with van der Waals surface area (Å²) in [5.74, 6) is 0.576. The molecule has 112 valence electrons. The van der Waals surface area contributed by atoms with Gasteiger partial charge in [0, 0.05) is 25.9 Å². The van der Waals surface area contributed by atoms with Gasteiger partial charge in [0.15, 0.2) is 0 Å². The Balaban J connectivity index is 1.65. The van der Waals surface area contributed by atoms with Crippen LogP contribution in [-0.2, 0) is 22.9 Å². The predicted octanol–water partition coefficient (Wildman–Crippen LogP) is 0.187. The van der Waals surface area contributed by atoms with E-state index in [1.807, 2.05) is 10.7 Å². The molecule has 0 saturated heterocycles. The Morgan fingerprint density at radius 3 is 2.85 bits per heavy atom. The van der Waals surface area contributed by atoms with Crippen LogP contribution in [0.4, 0.5) is 0 Å². The van der Waals surface area contributed by atoms with Gasteiger partial charge in [-0.3, -0.25) is 9.58 Å². The van der Waals surface area contributed by atoms with E-state index in [2.05, 4.69) is 10.00 Å². The largest absolute Gasteiger partial charge is 0.386 e. The molecule has 1 N–H and O–H groups in total. The number of rotatable bonds is 5. The molecule has 20 heavy (non-hydrogen) atoms. The molecule has 0 spiro atoms. The summed E-state index contributed by atoms with van der Waals surface area (Å²) in [5, 5.41) is 14.6. The van der Waals surface area contributed by atoms with Crippen molar-refractivity contribution < 1.29 is 13.5 Å². The van der Waals surface area contributed by atoms with E-state index in [4.69, 9.17) is 0 Å². The molecule has 1 aliphatic heterocycles. The molecule has 1 atom stereocenters. The Morgan fingerprint density at radius 2 is 2.20 bits per heavy atom. The molecule has 0 bridgehead atoms. The van der Waals surface area contributed by atoms with Gasteiger partial charge in [-0.15, -0.1) is 0 Å². The highest BCUT2D eigenvalue weighted by molar-refractivity contribution is 7.90. The maximum Gasteiger partial charge on any atom is 0.148 e. The summed E-state index contributed by atoms with van der Waals surface area (Å²) >= 11 is 0. The lowest BCUT2D eigenvalue weighted by atomic mass is 10.1. The van der Waals surface area contributed by atoms with Crippen LogP contribution in [0.2, 0.25) is 0 Å². The Labute approximate surface area is 119 Å². The summed E-state index contributed by atoms with van der Waals surface area (Å²) in [6, 6.07) is 1.97. The van der Waals surface area contributed by atoms with Crippen LogP contribution < -0.4 is 0 Å². The van der Waals surface area contributed by atoms with E-state index >= 15 is 0 Å². The number of aliphatic hydroxyl groups is 1. The van der Waals surface area contributed by atoms with Crippen molar-refractivity contribution in [1.82, 2.24) is 14.7 Å². The number of nitrogens with zero attached hydrogens (tertiary/aromatic N) is 3. The first-order valence-corrected chi connectivity index (χ1v) is 9.13. The zero-order valence-electron chi connectivity index (χ0n) is 11.7. The van der Waals surface area contributed by atoms with Crippen LogP contribution in [0.25, 0.3) is 0 Å². The zero-order chi connectivity index (χ0) is 14.3. The second-order valence-electron chi connectivity index (χ2n) is 5.97. The van der Waals surface area contributed by atoms with Gasteiger partial charge in [-0.2, -0.15) is 5.10 Å². The third kappa shape index (κ3) is 3.21. The maximum absolute atomic E-state index is 11.2. The lowest BCUT2D eigenvalue weighted by Gasteiger charge is -2.27. The van der Waals surface area contributed by atoms with Crippen LogP contribution in [0.1, 0.15) is 30.3 Å². The highest BCUT2D eigenvalue weighted by atomic mass is 32.2. The van der Waals surface area contributed by atoms with Crippen LogP contribution >= 0.6 is 0 Å². The summed E-state index contributed by atoms with van der Waals surface area (Å²) < 4.78 is 24.4. The molecule has 1 aliphatic carbocycles. The molecule has 3 rings (SSSR count). The second kappa shape index (κ2) is 5.13. The van der Waals surface area contributed by atoms with Crippen molar-refractivity contribution >= 4 is 9.84 Å². The first-order valence-electron chi connectivity index (χ1n) is 7.07. The third-order valence-electron chi connectivity index (χ3n) is 4.05. The Morgan fingerprint density at radius 1 is 1.45 bits per heavy atom. The molecule has 0 amide bonds. The maximum atomic E-state index is 11.2. The molecule has 0 unspecified atom stereocenters. The minimum absolute atomic E-state index is 0.193. The summed E-state index contributed by atoms with van der Waals surface area (Å²) in [6.45, 7) is 2.84. The van der Waals surface area contributed by atoms with E-state index in [0.717, 1.165) is 37.3 Å². The van der Waals surface area contributed by atoms with E-state index < -0.39 is 15.9 Å². The SMILES string of the molecule is CS(=O)(=O)CCN1CCn2nc([C@@H](O)C3CC3)cc2C1. The Hall–Kier alpha value is -0.920. The molecule has 1 fully saturated rings. The Bertz CT molecular complexity index is 592. The van der Waals surface area contributed by atoms with Crippen molar-refractivity contribution in [2.75, 3.05) is 25.1 Å². The average Bonchev–Trinajstić information content (AvgIpc) is 3.13. The van der Waals surface area contributed by atoms with Crippen LogP contribution in [0, 0.1) is 5.92 Å². The first-order chi connectivity index (χ1) is 9.42. The number of sulfone groups is 1. The van der Waals surface area contributed by atoms with Gasteiger partial charge < -0.3 is 5.11 Å². The minimum Gasteiger partial charge on any atom is -0.386 e. The topological polar surface area (TPSA) is 75.4 Å². The van der Waals surface area contributed by atoms with Crippen molar-refractivity contribution in [2.45, 2.75) is 32.0 Å². The third-order valence-corrected chi connectivity index (χ3v) is 4.97. The lowest BCUT2D eigenvalue weighted by molar-refractivity contribution is 0.147. The minimum atomic E-state index is -2.92. The molecule has 0 aromatic carbocycles. The molecular formula is C13H21N3O3S. The van der Waals surface area contributed by atoms with Crippen LogP contribution in [0.5, 0.6) is 0 Å². The van der Waals surface area contributed by atoms with Crippen molar-refractivity contribution in [2.24, 2.45) is 5.92 Å². The molecule has 1 aromatic rings. The second-order valence-corrected chi connectivity index (χ2v) is 8.23. The van der Waals surface area contributed by atoms with E-state index in [9.17, 15) is 13.5 Å². The summed E-state index contributed by atoms with van der Waals surface area (Å²) in [7, 11) is -2.92. The summed E-state index contributed by atoms with van der Waals surface area (Å²) in [6.07, 6.45) is 3.01. The predicted molar refractivity (Wildman–Crippen MR) is 74.9 cm³/mol. The summed E-state index contributed by atoms with van der Waals surface area (Å²) in [4.78, 5) is 2.13. The van der Waals surface area contributed by atoms with Crippen molar-refractivity contribution in [3.63, 3.8) is 0 Å². The molecule has 2 aliphatic rings. The Kier molecular flexibility index (Phi) is 3.60. The number of aromatic nitrogens is 2. The highest BCUT2D eigenvalue weighted by Crippen LogP contribution is 2.40. The van der Waals surface area contributed by atoms with Crippen LogP contribution in [-0.4, -0.2) is 53.3 Å². The number of hydrogen-bond donors (Lipinski definition) is 1. The van der Waals surface area contributed by atoms with Gasteiger partial charge in [0.1, 0.15) is 15.9 Å². The standard InChI is InChI=1S/C13H21N3O3S/c1-20(18,19)7-6-15-4-5-16-11(9-15)8-12(14-16)13(17)10-2-3-10/h8,10,13,17H,2-7,9H2,1H3/t13-/m0/s1. The zero-order valence-corrected chi connectivity index (χ0v) is 12.5. The van der Waals surface area contributed by atoms with Gasteiger partial charge in [0.2, 0.25) is 0 Å². The average molecular weight is 299 g/mol. The van der Waals surface area contributed by atoms with Gasteiger partial charge in [0.25, 0.3) is 0 Å². The quantitative estimate of drug-likeness (QED) is 0.840. The smallest absolute Gasteiger partial charge is 0.148 e. The van der Waals surface area contributed by atoms with Crippen molar-refractivity contribution in [3.8, 4) is 0 Å². The van der Waals surface area contributed by atoms with Crippen LogP contribution in [0.15, 0.2) is 6.07 Å². The van der Waals surface area contributed by atoms with Gasteiger partial charge in [-0.25, -0.2) is 8.42 Å². The highest BCUT2D eigenvalue weighted by Gasteiger charge is 2.33. The van der Waals surface area contributed by atoms with Gasteiger partial charge in [-0.1, -0.05) is 0 Å². The monoisotopic (exact) mass is 299 g/mol. The number of aliphatic hydroxyl groups excluding tert-OH is 1. The molecule has 2 heterocycles. The van der Waals surface area contributed by atoms with E-state index in [1.54, 1.807) is 0 Å². The fraction of sp³-hybridized carbons (Fsp3) is 0.769. The van der Waals surface area contributed by atoms with Gasteiger partial charge in [0.05, 0.1) is 23.7 Å². The molecule has 7 heteroatoms. The fourth-order valence-corrected chi connectivity index (χ4v) is 3.22. The molecular weight excluding hydrogens is 278 g/mol. The number of fused-ring (bicyclic) bond motifs is 1. The van der Waals surface area contributed by atoms with E-state index in [-0.39, 0.29) is 5.75 Å². The van der Waals surface area contributed by atoms with E-state index in [1.165, 1.54) is 6.26 Å².